The minimum Gasteiger partial charge on any atom is -0.154 e. The highest BCUT2D eigenvalue weighted by Gasteiger charge is 2.27. The maximum atomic E-state index is 3.78. The molecule has 1 aromatic carbocycles. The zero-order valence-electron chi connectivity index (χ0n) is 11.9. The second-order valence-corrected chi connectivity index (χ2v) is 13.0. The number of hydrogen-bond donors (Lipinski definition) is 0. The predicted molar refractivity (Wildman–Crippen MR) is 96.5 cm³/mol. The van der Waals surface area contributed by atoms with Gasteiger partial charge in [0, 0.05) is 33.6 Å². The Bertz CT molecular complexity index is 630. The minimum absolute atomic E-state index is 1.09. The summed E-state index contributed by atoms with van der Waals surface area (Å²) in [6.45, 7) is 6.97. The third kappa shape index (κ3) is 3.48. The van der Waals surface area contributed by atoms with E-state index >= 15 is 0 Å². The van der Waals surface area contributed by atoms with Crippen molar-refractivity contribution in [1.29, 1.82) is 0 Å². The number of hydrogen-bond acceptors (Lipinski definition) is 0. The van der Waals surface area contributed by atoms with Gasteiger partial charge in [0.25, 0.3) is 4.61 Å². The van der Waals surface area contributed by atoms with Gasteiger partial charge in [-0.3, -0.25) is 0 Å². The van der Waals surface area contributed by atoms with E-state index in [4.69, 9.17) is 0 Å². The van der Waals surface area contributed by atoms with Crippen molar-refractivity contribution in [3.05, 3.63) is 58.8 Å². The Kier molecular flexibility index (Phi) is 4.99. The number of rotatable bonds is 3. The molecule has 0 aliphatic heterocycles. The summed E-state index contributed by atoms with van der Waals surface area (Å²) >= 11 is 7.55. The maximum absolute atomic E-state index is 3.78. The Hall–Kier alpha value is -0.713. The normalized spacial score (nSPS) is 13.1. The van der Waals surface area contributed by atoms with Gasteiger partial charge in [0.05, 0.1) is 12.2 Å². The first-order valence-electron chi connectivity index (χ1n) is 6.53. The van der Waals surface area contributed by atoms with E-state index in [0.717, 1.165) is 4.61 Å². The van der Waals surface area contributed by atoms with Crippen LogP contribution in [0.5, 0.6) is 0 Å². The van der Waals surface area contributed by atoms with Crippen molar-refractivity contribution < 1.29 is 4.57 Å². The highest BCUT2D eigenvalue weighted by molar-refractivity contribution is 9.16. The molecule has 1 aromatic heterocycles. The molecule has 0 aliphatic carbocycles. The van der Waals surface area contributed by atoms with Crippen LogP contribution in [0.2, 0.25) is 19.6 Å². The molecule has 0 saturated carbocycles. The monoisotopic (exact) mass is 410 g/mol. The van der Waals surface area contributed by atoms with Crippen LogP contribution in [0.1, 0.15) is 0 Å². The van der Waals surface area contributed by atoms with Gasteiger partial charge in [-0.05, 0) is 18.2 Å². The van der Waals surface area contributed by atoms with Crippen LogP contribution >= 0.6 is 31.9 Å². The van der Waals surface area contributed by atoms with E-state index in [2.05, 4.69) is 105 Å². The first kappa shape index (κ1) is 15.7. The zero-order chi connectivity index (χ0) is 14.8. The van der Waals surface area contributed by atoms with Crippen LogP contribution in [0.25, 0.3) is 15.9 Å². The summed E-state index contributed by atoms with van der Waals surface area (Å²) in [6, 6.07) is 16.7. The van der Waals surface area contributed by atoms with Gasteiger partial charge >= 0.3 is 0 Å². The van der Waals surface area contributed by atoms with Gasteiger partial charge < -0.3 is 0 Å². The van der Waals surface area contributed by atoms with Crippen molar-refractivity contribution in [3.8, 4) is 11.3 Å². The number of aromatic nitrogens is 1. The topological polar surface area (TPSA) is 3.88 Å². The lowest BCUT2D eigenvalue weighted by Gasteiger charge is -2.15. The van der Waals surface area contributed by atoms with Crippen molar-refractivity contribution in [2.24, 2.45) is 0 Å². The van der Waals surface area contributed by atoms with E-state index < -0.39 is 8.07 Å². The van der Waals surface area contributed by atoms with Crippen molar-refractivity contribution >= 4 is 44.5 Å². The SMILES string of the molecule is C[Si](C)(C)/C(Br)=C(\Br)[n+]1ccccc1-c1ccccc1. The van der Waals surface area contributed by atoms with Gasteiger partial charge in [-0.15, -0.1) is 0 Å². The lowest BCUT2D eigenvalue weighted by Crippen LogP contribution is -2.35. The third-order valence-corrected chi connectivity index (χ3v) is 10.2. The van der Waals surface area contributed by atoms with Crippen LogP contribution in [-0.2, 0) is 0 Å². The van der Waals surface area contributed by atoms with Crippen LogP contribution in [0.4, 0.5) is 0 Å². The fraction of sp³-hybridized carbons (Fsp3) is 0.188. The highest BCUT2D eigenvalue weighted by atomic mass is 79.9. The quantitative estimate of drug-likeness (QED) is 0.468. The smallest absolute Gasteiger partial charge is 0.154 e. The van der Waals surface area contributed by atoms with Gasteiger partial charge in [-0.2, -0.15) is 4.57 Å². The van der Waals surface area contributed by atoms with Gasteiger partial charge in [0.15, 0.2) is 6.20 Å². The molecule has 0 atom stereocenters. The van der Waals surface area contributed by atoms with Crippen molar-refractivity contribution in [2.75, 3.05) is 0 Å². The van der Waals surface area contributed by atoms with E-state index in [0.29, 0.717) is 0 Å². The lowest BCUT2D eigenvalue weighted by atomic mass is 10.1. The first-order valence-corrected chi connectivity index (χ1v) is 11.6. The molecule has 2 rings (SSSR count). The molecule has 1 nitrogen and oxygen atoms in total. The van der Waals surface area contributed by atoms with E-state index in [9.17, 15) is 0 Å². The maximum Gasteiger partial charge on any atom is 0.259 e. The molecular formula is C16H18Br2NSi+. The summed E-state index contributed by atoms with van der Waals surface area (Å²) in [5.41, 5.74) is 2.39. The number of nitrogens with zero attached hydrogens (tertiary/aromatic N) is 1. The van der Waals surface area contributed by atoms with Crippen LogP contribution in [0, 0.1) is 0 Å². The van der Waals surface area contributed by atoms with Crippen molar-refractivity contribution in [2.45, 2.75) is 19.6 Å². The van der Waals surface area contributed by atoms with Crippen LogP contribution in [0.3, 0.4) is 0 Å². The molecule has 0 radical (unpaired) electrons. The molecule has 104 valence electrons. The summed E-state index contributed by atoms with van der Waals surface area (Å²) in [7, 11) is -1.40. The third-order valence-electron chi connectivity index (χ3n) is 2.98. The predicted octanol–water partition coefficient (Wildman–Crippen LogP) is 5.43. The van der Waals surface area contributed by atoms with Crippen LogP contribution in [0.15, 0.2) is 58.8 Å². The standard InChI is InChI=1S/C16H18Br2NSi/c1-20(2,3)16(18)15(17)19-12-8-7-11-14(19)13-9-5-4-6-10-13/h4-12H,1-3H3/q+1/b16-15+. The van der Waals surface area contributed by atoms with E-state index in [-0.39, 0.29) is 0 Å². The summed E-state index contributed by atoms with van der Waals surface area (Å²) < 4.78 is 4.56. The van der Waals surface area contributed by atoms with E-state index in [1.165, 1.54) is 15.4 Å². The van der Waals surface area contributed by atoms with Crippen LogP contribution in [-0.4, -0.2) is 8.07 Å². The Morgan fingerprint density at radius 2 is 1.50 bits per heavy atom. The molecule has 0 aliphatic rings. The Morgan fingerprint density at radius 3 is 2.10 bits per heavy atom. The molecule has 0 fully saturated rings. The van der Waals surface area contributed by atoms with E-state index in [1.807, 2.05) is 6.07 Å². The molecule has 0 bridgehead atoms. The zero-order valence-corrected chi connectivity index (χ0v) is 16.1. The van der Waals surface area contributed by atoms with Gasteiger partial charge in [0.1, 0.15) is 0 Å². The van der Waals surface area contributed by atoms with Crippen molar-refractivity contribution in [1.82, 2.24) is 0 Å². The second kappa shape index (κ2) is 6.37. The number of halogens is 2. The molecule has 0 saturated heterocycles. The molecule has 0 spiro atoms. The fourth-order valence-corrected chi connectivity index (χ4v) is 4.90. The minimum atomic E-state index is -1.40. The highest BCUT2D eigenvalue weighted by Crippen LogP contribution is 2.29. The Balaban J connectivity index is 2.60. The van der Waals surface area contributed by atoms with E-state index in [1.54, 1.807) is 0 Å². The molecule has 1 heterocycles. The number of pyridine rings is 1. The fourth-order valence-electron chi connectivity index (χ4n) is 1.87. The summed E-state index contributed by atoms with van der Waals surface area (Å²) in [4.78, 5) is 0. The Morgan fingerprint density at radius 1 is 0.900 bits per heavy atom. The first-order chi connectivity index (χ1) is 9.41. The molecular weight excluding hydrogens is 394 g/mol. The summed E-state index contributed by atoms with van der Waals surface area (Å²) in [5, 5.41) is 0. The Labute approximate surface area is 138 Å². The van der Waals surface area contributed by atoms with Crippen LogP contribution < -0.4 is 4.57 Å². The average Bonchev–Trinajstić information content (AvgIpc) is 2.45. The largest absolute Gasteiger partial charge is 0.259 e. The van der Waals surface area contributed by atoms with Gasteiger partial charge in [-0.25, -0.2) is 0 Å². The summed E-state index contributed by atoms with van der Waals surface area (Å²) in [5.74, 6) is 0. The van der Waals surface area contributed by atoms with Gasteiger partial charge in [-0.1, -0.05) is 53.8 Å². The second-order valence-electron chi connectivity index (χ2n) is 5.68. The molecule has 0 amide bonds. The molecule has 4 heteroatoms. The van der Waals surface area contributed by atoms with Crippen molar-refractivity contribution in [3.63, 3.8) is 0 Å². The molecule has 2 aromatic rings. The molecule has 0 N–H and O–H groups in total. The average molecular weight is 412 g/mol. The molecule has 20 heavy (non-hydrogen) atoms. The lowest BCUT2D eigenvalue weighted by molar-refractivity contribution is -0.560. The molecule has 0 unspecified atom stereocenters. The number of benzene rings is 1. The summed E-state index contributed by atoms with van der Waals surface area (Å²) in [6.07, 6.45) is 2.09. The van der Waals surface area contributed by atoms with Gasteiger partial charge in [0.2, 0.25) is 5.69 Å².